The molecule has 0 aromatic heterocycles. The van der Waals surface area contributed by atoms with Gasteiger partial charge in [0.25, 0.3) is 0 Å². The number of hydrogen-bond donors (Lipinski definition) is 1. The minimum Gasteiger partial charge on any atom is -0.481 e. The monoisotopic (exact) mass is 288 g/mol. The molecule has 1 aliphatic rings. The van der Waals surface area contributed by atoms with E-state index in [0.29, 0.717) is 19.0 Å². The smallest absolute Gasteiger partial charge is 0.320 e. The van der Waals surface area contributed by atoms with E-state index in [-0.39, 0.29) is 18.5 Å². The number of urea groups is 1. The Labute approximate surface area is 119 Å². The lowest BCUT2D eigenvalue weighted by molar-refractivity contribution is -0.137. The topological polar surface area (TPSA) is 60.9 Å². The molecule has 0 spiro atoms. The van der Waals surface area contributed by atoms with Crippen LogP contribution in [0.5, 0.6) is 0 Å². The second-order valence-electron chi connectivity index (χ2n) is 5.20. The lowest BCUT2D eigenvalue weighted by atomic mass is 10.2. The molecule has 1 rings (SSSR count). The number of carbonyl (C=O) groups excluding carboxylic acids is 1. The lowest BCUT2D eigenvalue weighted by Gasteiger charge is -2.34. The van der Waals surface area contributed by atoms with Gasteiger partial charge in [0.15, 0.2) is 0 Å². The molecule has 0 radical (unpaired) electrons. The summed E-state index contributed by atoms with van der Waals surface area (Å²) in [5, 5.41) is 8.67. The molecular weight excluding hydrogens is 264 g/mol. The maximum absolute atomic E-state index is 12.4. The Morgan fingerprint density at radius 2 is 2.11 bits per heavy atom. The summed E-state index contributed by atoms with van der Waals surface area (Å²) in [6, 6.07) is 0.434. The summed E-state index contributed by atoms with van der Waals surface area (Å²) in [5.41, 5.74) is 0. The standard InChI is InChI=1S/C13H24N2O3S/c1-10(2)15(7-4-5-12(16)17)13(18)14(3)11-6-8-19-9-11/h10-11H,4-9H2,1-3H3,(H,16,17). The van der Waals surface area contributed by atoms with Gasteiger partial charge in [-0.25, -0.2) is 4.79 Å². The first-order valence-corrected chi connectivity index (χ1v) is 7.92. The highest BCUT2D eigenvalue weighted by molar-refractivity contribution is 7.99. The van der Waals surface area contributed by atoms with Crippen LogP contribution in [-0.4, -0.2) is 64.1 Å². The van der Waals surface area contributed by atoms with Gasteiger partial charge in [-0.1, -0.05) is 0 Å². The number of aliphatic carboxylic acids is 1. The molecule has 6 heteroatoms. The zero-order chi connectivity index (χ0) is 14.4. The number of rotatable bonds is 6. The maximum atomic E-state index is 12.4. The van der Waals surface area contributed by atoms with Gasteiger partial charge >= 0.3 is 12.0 Å². The number of amides is 2. The fourth-order valence-electron chi connectivity index (χ4n) is 2.16. The van der Waals surface area contributed by atoms with Crippen LogP contribution < -0.4 is 0 Å². The van der Waals surface area contributed by atoms with E-state index in [1.807, 2.05) is 37.6 Å². The summed E-state index contributed by atoms with van der Waals surface area (Å²) in [6.07, 6.45) is 1.67. The lowest BCUT2D eigenvalue weighted by Crippen LogP contribution is -2.49. The van der Waals surface area contributed by atoms with Crippen LogP contribution in [0.15, 0.2) is 0 Å². The van der Waals surface area contributed by atoms with E-state index in [1.54, 1.807) is 4.90 Å². The Morgan fingerprint density at radius 1 is 1.42 bits per heavy atom. The molecule has 110 valence electrons. The van der Waals surface area contributed by atoms with Crippen LogP contribution in [0, 0.1) is 0 Å². The van der Waals surface area contributed by atoms with Crippen LogP contribution in [0.3, 0.4) is 0 Å². The Kier molecular flexibility index (Phi) is 6.48. The minimum absolute atomic E-state index is 0.0212. The van der Waals surface area contributed by atoms with Gasteiger partial charge in [0.2, 0.25) is 0 Å². The maximum Gasteiger partial charge on any atom is 0.320 e. The van der Waals surface area contributed by atoms with Crippen LogP contribution >= 0.6 is 11.8 Å². The first-order chi connectivity index (χ1) is 8.93. The van der Waals surface area contributed by atoms with E-state index in [9.17, 15) is 9.59 Å². The first-order valence-electron chi connectivity index (χ1n) is 6.76. The Bertz CT molecular complexity index is 317. The summed E-state index contributed by atoms with van der Waals surface area (Å²) < 4.78 is 0. The van der Waals surface area contributed by atoms with Crippen LogP contribution in [0.2, 0.25) is 0 Å². The predicted molar refractivity (Wildman–Crippen MR) is 77.6 cm³/mol. The van der Waals surface area contributed by atoms with Gasteiger partial charge in [0.05, 0.1) is 0 Å². The third kappa shape index (κ3) is 4.93. The van der Waals surface area contributed by atoms with Gasteiger partial charge in [-0.15, -0.1) is 0 Å². The van der Waals surface area contributed by atoms with Crippen LogP contribution in [-0.2, 0) is 4.79 Å². The summed E-state index contributed by atoms with van der Waals surface area (Å²) in [5.74, 6) is 1.31. The van der Waals surface area contributed by atoms with Crippen LogP contribution in [0.4, 0.5) is 4.79 Å². The number of nitrogens with zero attached hydrogens (tertiary/aromatic N) is 2. The fourth-order valence-corrected chi connectivity index (χ4v) is 3.43. The Morgan fingerprint density at radius 3 is 2.58 bits per heavy atom. The van der Waals surface area contributed by atoms with Crippen molar-refractivity contribution in [1.82, 2.24) is 9.80 Å². The van der Waals surface area contributed by atoms with Gasteiger partial charge < -0.3 is 14.9 Å². The summed E-state index contributed by atoms with van der Waals surface area (Å²) in [7, 11) is 1.85. The highest BCUT2D eigenvalue weighted by atomic mass is 32.2. The van der Waals surface area contributed by atoms with E-state index in [1.165, 1.54) is 0 Å². The average molecular weight is 288 g/mol. The normalized spacial score (nSPS) is 18.6. The second-order valence-corrected chi connectivity index (χ2v) is 6.35. The van der Waals surface area contributed by atoms with Crippen molar-refractivity contribution in [3.8, 4) is 0 Å². The molecule has 1 unspecified atom stereocenters. The second kappa shape index (κ2) is 7.62. The van der Waals surface area contributed by atoms with Crippen molar-refractivity contribution < 1.29 is 14.7 Å². The third-order valence-electron chi connectivity index (χ3n) is 3.41. The number of hydrogen-bond acceptors (Lipinski definition) is 3. The average Bonchev–Trinajstić information content (AvgIpc) is 2.85. The van der Waals surface area contributed by atoms with Crippen molar-refractivity contribution in [3.63, 3.8) is 0 Å². The molecule has 0 aromatic rings. The summed E-state index contributed by atoms with van der Waals surface area (Å²) >= 11 is 1.88. The number of carboxylic acids is 1. The van der Waals surface area contributed by atoms with Crippen molar-refractivity contribution >= 4 is 23.8 Å². The van der Waals surface area contributed by atoms with E-state index < -0.39 is 5.97 Å². The molecule has 1 fully saturated rings. The van der Waals surface area contributed by atoms with E-state index >= 15 is 0 Å². The molecule has 5 nitrogen and oxygen atoms in total. The Balaban J connectivity index is 2.53. The summed E-state index contributed by atoms with van der Waals surface area (Å²) in [4.78, 5) is 26.6. The number of thioether (sulfide) groups is 1. The number of carboxylic acid groups (broad SMARTS) is 1. The van der Waals surface area contributed by atoms with Crippen LogP contribution in [0.25, 0.3) is 0 Å². The van der Waals surface area contributed by atoms with Gasteiger partial charge in [-0.05, 0) is 32.4 Å². The molecule has 0 saturated carbocycles. The highest BCUT2D eigenvalue weighted by Crippen LogP contribution is 2.22. The largest absolute Gasteiger partial charge is 0.481 e. The van der Waals surface area contributed by atoms with Crippen molar-refractivity contribution in [2.24, 2.45) is 0 Å². The van der Waals surface area contributed by atoms with E-state index in [2.05, 4.69) is 0 Å². The molecular formula is C13H24N2O3S. The molecule has 1 atom stereocenters. The SMILES string of the molecule is CC(C)N(CCCC(=O)O)C(=O)N(C)C1CCSC1. The molecule has 1 aliphatic heterocycles. The molecule has 1 heterocycles. The molecule has 2 amide bonds. The molecule has 0 bridgehead atoms. The summed E-state index contributed by atoms with van der Waals surface area (Å²) in [6.45, 7) is 4.44. The minimum atomic E-state index is -0.809. The third-order valence-corrected chi connectivity index (χ3v) is 4.56. The van der Waals surface area contributed by atoms with Gasteiger partial charge in [0.1, 0.15) is 0 Å². The van der Waals surface area contributed by atoms with Crippen molar-refractivity contribution in [3.05, 3.63) is 0 Å². The fraction of sp³-hybridized carbons (Fsp3) is 0.846. The number of carbonyl (C=O) groups is 2. The highest BCUT2D eigenvalue weighted by Gasteiger charge is 2.28. The molecule has 1 N–H and O–H groups in total. The van der Waals surface area contributed by atoms with Crippen molar-refractivity contribution in [2.75, 3.05) is 25.1 Å². The zero-order valence-electron chi connectivity index (χ0n) is 12.0. The quantitative estimate of drug-likeness (QED) is 0.813. The predicted octanol–water partition coefficient (Wildman–Crippen LogP) is 2.12. The first kappa shape index (κ1) is 16.1. The zero-order valence-corrected chi connectivity index (χ0v) is 12.8. The van der Waals surface area contributed by atoms with E-state index in [0.717, 1.165) is 17.9 Å². The van der Waals surface area contributed by atoms with Gasteiger partial charge in [-0.2, -0.15) is 11.8 Å². The van der Waals surface area contributed by atoms with E-state index in [4.69, 9.17) is 5.11 Å². The molecule has 0 aliphatic carbocycles. The molecule has 19 heavy (non-hydrogen) atoms. The molecule has 0 aromatic carbocycles. The van der Waals surface area contributed by atoms with Crippen molar-refractivity contribution in [1.29, 1.82) is 0 Å². The van der Waals surface area contributed by atoms with Gasteiger partial charge in [-0.3, -0.25) is 4.79 Å². The molecule has 1 saturated heterocycles. The van der Waals surface area contributed by atoms with Crippen molar-refractivity contribution in [2.45, 2.75) is 45.2 Å². The van der Waals surface area contributed by atoms with Crippen LogP contribution in [0.1, 0.15) is 33.1 Å². The van der Waals surface area contributed by atoms with Gasteiger partial charge in [0, 0.05) is 37.8 Å². The Hall–Kier alpha value is -0.910.